The van der Waals surface area contributed by atoms with Crippen molar-refractivity contribution in [2.45, 2.75) is 26.6 Å². The zero-order valence-corrected chi connectivity index (χ0v) is 13.8. The van der Waals surface area contributed by atoms with E-state index in [2.05, 4.69) is 33.0 Å². The van der Waals surface area contributed by atoms with Crippen molar-refractivity contribution in [2.75, 3.05) is 26.2 Å². The molecule has 4 heteroatoms. The third kappa shape index (κ3) is 4.38. The van der Waals surface area contributed by atoms with Gasteiger partial charge in [-0.05, 0) is 30.2 Å². The third-order valence-electron chi connectivity index (χ3n) is 4.48. The SMILES string of the molecule is Cc1cccc(CN2CCN(Cc3ccccc3CO)CC2)n1. The Labute approximate surface area is 138 Å². The van der Waals surface area contributed by atoms with Crippen LogP contribution < -0.4 is 0 Å². The first-order valence-electron chi connectivity index (χ1n) is 8.29. The monoisotopic (exact) mass is 311 g/mol. The topological polar surface area (TPSA) is 39.6 Å². The van der Waals surface area contributed by atoms with Gasteiger partial charge in [-0.1, -0.05) is 30.3 Å². The van der Waals surface area contributed by atoms with E-state index in [1.165, 1.54) is 5.56 Å². The lowest BCUT2D eigenvalue weighted by Crippen LogP contribution is -2.45. The Morgan fingerprint density at radius 1 is 0.870 bits per heavy atom. The second kappa shape index (κ2) is 7.68. The van der Waals surface area contributed by atoms with E-state index in [4.69, 9.17) is 0 Å². The Bertz CT molecular complexity index is 636. The van der Waals surface area contributed by atoms with Gasteiger partial charge in [0.1, 0.15) is 0 Å². The molecule has 2 aromatic rings. The quantitative estimate of drug-likeness (QED) is 0.919. The number of aromatic nitrogens is 1. The summed E-state index contributed by atoms with van der Waals surface area (Å²) in [6.45, 7) is 8.27. The summed E-state index contributed by atoms with van der Waals surface area (Å²) >= 11 is 0. The molecule has 3 rings (SSSR count). The second-order valence-electron chi connectivity index (χ2n) is 6.25. The first-order valence-corrected chi connectivity index (χ1v) is 8.29. The van der Waals surface area contributed by atoms with Crippen LogP contribution >= 0.6 is 0 Å². The summed E-state index contributed by atoms with van der Waals surface area (Å²) in [4.78, 5) is 9.53. The first kappa shape index (κ1) is 16.1. The summed E-state index contributed by atoms with van der Waals surface area (Å²) < 4.78 is 0. The molecule has 0 unspecified atom stereocenters. The van der Waals surface area contributed by atoms with E-state index in [9.17, 15) is 5.11 Å². The number of pyridine rings is 1. The highest BCUT2D eigenvalue weighted by atomic mass is 16.3. The number of nitrogens with zero attached hydrogens (tertiary/aromatic N) is 3. The standard InChI is InChI=1S/C19H25N3O/c1-16-5-4-8-19(20-16)14-22-11-9-21(10-12-22)13-17-6-2-3-7-18(17)15-23/h2-8,23H,9-15H2,1H3. The number of benzene rings is 1. The van der Waals surface area contributed by atoms with Crippen molar-refractivity contribution in [3.63, 3.8) is 0 Å². The molecule has 0 atom stereocenters. The number of aryl methyl sites for hydroxylation is 1. The van der Waals surface area contributed by atoms with E-state index in [-0.39, 0.29) is 6.61 Å². The van der Waals surface area contributed by atoms with Crippen LogP contribution in [0.25, 0.3) is 0 Å². The molecule has 1 fully saturated rings. The lowest BCUT2D eigenvalue weighted by Gasteiger charge is -2.34. The maximum absolute atomic E-state index is 9.44. The summed E-state index contributed by atoms with van der Waals surface area (Å²) in [6, 6.07) is 14.4. The summed E-state index contributed by atoms with van der Waals surface area (Å²) in [5.41, 5.74) is 4.52. The first-order chi connectivity index (χ1) is 11.2. The minimum atomic E-state index is 0.120. The van der Waals surface area contributed by atoms with Crippen LogP contribution in [0.1, 0.15) is 22.5 Å². The number of aliphatic hydroxyl groups excluding tert-OH is 1. The molecule has 0 bridgehead atoms. The Morgan fingerprint density at radius 3 is 2.17 bits per heavy atom. The Balaban J connectivity index is 1.52. The normalized spacial score (nSPS) is 16.6. The molecule has 0 saturated carbocycles. The van der Waals surface area contributed by atoms with E-state index in [0.717, 1.165) is 56.2 Å². The molecular formula is C19H25N3O. The predicted molar refractivity (Wildman–Crippen MR) is 91.9 cm³/mol. The Kier molecular flexibility index (Phi) is 5.39. The summed E-state index contributed by atoms with van der Waals surface area (Å²) in [7, 11) is 0. The lowest BCUT2D eigenvalue weighted by molar-refractivity contribution is 0.120. The molecule has 1 aromatic heterocycles. The molecule has 0 spiro atoms. The molecule has 1 aliphatic heterocycles. The summed E-state index contributed by atoms with van der Waals surface area (Å²) in [5.74, 6) is 0. The predicted octanol–water partition coefficient (Wildman–Crippen LogP) is 2.20. The highest BCUT2D eigenvalue weighted by Gasteiger charge is 2.18. The van der Waals surface area contributed by atoms with Crippen molar-refractivity contribution in [2.24, 2.45) is 0 Å². The van der Waals surface area contributed by atoms with Crippen LogP contribution in [0.5, 0.6) is 0 Å². The van der Waals surface area contributed by atoms with Gasteiger partial charge < -0.3 is 5.11 Å². The van der Waals surface area contributed by atoms with Crippen LogP contribution in [-0.2, 0) is 19.7 Å². The minimum Gasteiger partial charge on any atom is -0.392 e. The van der Waals surface area contributed by atoms with Gasteiger partial charge in [-0.2, -0.15) is 0 Å². The summed E-state index contributed by atoms with van der Waals surface area (Å²) in [5, 5.41) is 9.44. The van der Waals surface area contributed by atoms with Gasteiger partial charge in [-0.25, -0.2) is 0 Å². The molecular weight excluding hydrogens is 286 g/mol. The van der Waals surface area contributed by atoms with Crippen LogP contribution in [-0.4, -0.2) is 46.1 Å². The van der Waals surface area contributed by atoms with Crippen molar-refractivity contribution in [3.8, 4) is 0 Å². The van der Waals surface area contributed by atoms with Crippen LogP contribution in [0.15, 0.2) is 42.5 Å². The highest BCUT2D eigenvalue weighted by Crippen LogP contribution is 2.14. The van der Waals surface area contributed by atoms with Crippen molar-refractivity contribution in [3.05, 3.63) is 65.0 Å². The Hall–Kier alpha value is -1.75. The molecule has 23 heavy (non-hydrogen) atoms. The molecule has 1 saturated heterocycles. The number of hydrogen-bond donors (Lipinski definition) is 1. The van der Waals surface area contributed by atoms with Crippen LogP contribution in [0.4, 0.5) is 0 Å². The molecule has 0 aliphatic carbocycles. The second-order valence-corrected chi connectivity index (χ2v) is 6.25. The zero-order chi connectivity index (χ0) is 16.1. The number of aliphatic hydroxyl groups is 1. The van der Waals surface area contributed by atoms with Crippen molar-refractivity contribution < 1.29 is 5.11 Å². The van der Waals surface area contributed by atoms with Crippen molar-refractivity contribution in [1.82, 2.24) is 14.8 Å². The summed E-state index contributed by atoms with van der Waals surface area (Å²) in [6.07, 6.45) is 0. The fraction of sp³-hybridized carbons (Fsp3) is 0.421. The largest absolute Gasteiger partial charge is 0.392 e. The molecule has 1 aliphatic rings. The van der Waals surface area contributed by atoms with Gasteiger partial charge in [0.15, 0.2) is 0 Å². The zero-order valence-electron chi connectivity index (χ0n) is 13.8. The van der Waals surface area contributed by atoms with E-state index in [1.54, 1.807) is 0 Å². The fourth-order valence-corrected chi connectivity index (χ4v) is 3.13. The van der Waals surface area contributed by atoms with Crippen LogP contribution in [0.3, 0.4) is 0 Å². The number of rotatable bonds is 5. The maximum atomic E-state index is 9.44. The lowest BCUT2D eigenvalue weighted by atomic mass is 10.1. The fourth-order valence-electron chi connectivity index (χ4n) is 3.13. The van der Waals surface area contributed by atoms with E-state index < -0.39 is 0 Å². The van der Waals surface area contributed by atoms with Gasteiger partial charge >= 0.3 is 0 Å². The molecule has 2 heterocycles. The Morgan fingerprint density at radius 2 is 1.52 bits per heavy atom. The third-order valence-corrected chi connectivity index (χ3v) is 4.48. The molecule has 0 amide bonds. The van der Waals surface area contributed by atoms with Crippen LogP contribution in [0.2, 0.25) is 0 Å². The van der Waals surface area contributed by atoms with E-state index in [1.807, 2.05) is 31.2 Å². The average Bonchev–Trinajstić information content (AvgIpc) is 2.57. The maximum Gasteiger partial charge on any atom is 0.0685 e. The highest BCUT2D eigenvalue weighted by molar-refractivity contribution is 5.26. The molecule has 1 aromatic carbocycles. The van der Waals surface area contributed by atoms with Gasteiger partial charge in [-0.3, -0.25) is 14.8 Å². The van der Waals surface area contributed by atoms with Gasteiger partial charge in [-0.15, -0.1) is 0 Å². The molecule has 122 valence electrons. The van der Waals surface area contributed by atoms with Gasteiger partial charge in [0.2, 0.25) is 0 Å². The average molecular weight is 311 g/mol. The minimum absolute atomic E-state index is 0.120. The van der Waals surface area contributed by atoms with Crippen molar-refractivity contribution >= 4 is 0 Å². The van der Waals surface area contributed by atoms with E-state index in [0.29, 0.717) is 0 Å². The molecule has 1 N–H and O–H groups in total. The molecule has 0 radical (unpaired) electrons. The number of hydrogen-bond acceptors (Lipinski definition) is 4. The number of piperazine rings is 1. The smallest absolute Gasteiger partial charge is 0.0685 e. The van der Waals surface area contributed by atoms with Gasteiger partial charge in [0, 0.05) is 45.0 Å². The molecule has 4 nitrogen and oxygen atoms in total. The van der Waals surface area contributed by atoms with Gasteiger partial charge in [0.05, 0.1) is 12.3 Å². The van der Waals surface area contributed by atoms with E-state index >= 15 is 0 Å². The van der Waals surface area contributed by atoms with Crippen LogP contribution in [0, 0.1) is 6.92 Å². The van der Waals surface area contributed by atoms with Gasteiger partial charge in [0.25, 0.3) is 0 Å². The van der Waals surface area contributed by atoms with Crippen molar-refractivity contribution in [1.29, 1.82) is 0 Å².